The van der Waals surface area contributed by atoms with Crippen molar-refractivity contribution in [3.8, 4) is 5.75 Å². The van der Waals surface area contributed by atoms with E-state index < -0.39 is 0 Å². The van der Waals surface area contributed by atoms with E-state index in [0.717, 1.165) is 30.5 Å². The van der Waals surface area contributed by atoms with Crippen LogP contribution in [0.5, 0.6) is 5.75 Å². The molecule has 0 saturated carbocycles. The summed E-state index contributed by atoms with van der Waals surface area (Å²) in [4.78, 5) is 18.4. The van der Waals surface area contributed by atoms with E-state index in [0.29, 0.717) is 23.9 Å². The van der Waals surface area contributed by atoms with Crippen LogP contribution in [0.2, 0.25) is 5.02 Å². The van der Waals surface area contributed by atoms with E-state index in [9.17, 15) is 4.79 Å². The van der Waals surface area contributed by atoms with Crippen LogP contribution in [-0.2, 0) is 16.1 Å². The molecule has 0 N–H and O–H groups in total. The fourth-order valence-electron chi connectivity index (χ4n) is 3.00. The van der Waals surface area contributed by atoms with Crippen LogP contribution >= 0.6 is 11.6 Å². The quantitative estimate of drug-likeness (QED) is 0.774. The van der Waals surface area contributed by atoms with Crippen LogP contribution in [0.4, 0.5) is 0 Å². The van der Waals surface area contributed by atoms with Gasteiger partial charge < -0.3 is 14.4 Å². The minimum Gasteiger partial charge on any atom is -0.483 e. The molecule has 138 valence electrons. The number of hydrogen-bond acceptors (Lipinski definition) is 4. The average Bonchev–Trinajstić information content (AvgIpc) is 2.66. The monoisotopic (exact) mass is 374 g/mol. The Morgan fingerprint density at radius 2 is 2.27 bits per heavy atom. The fraction of sp³-hybridized carbons (Fsp3) is 0.400. The third-order valence-electron chi connectivity index (χ3n) is 4.43. The molecule has 1 aliphatic rings. The van der Waals surface area contributed by atoms with Crippen molar-refractivity contribution in [1.82, 2.24) is 9.88 Å². The van der Waals surface area contributed by atoms with Gasteiger partial charge in [-0.2, -0.15) is 0 Å². The lowest BCUT2D eigenvalue weighted by Gasteiger charge is -2.32. The number of ether oxygens (including phenoxy) is 2. The number of carbonyl (C=O) groups is 1. The molecule has 26 heavy (non-hydrogen) atoms. The Labute approximate surface area is 158 Å². The number of pyridine rings is 1. The van der Waals surface area contributed by atoms with Gasteiger partial charge in [-0.3, -0.25) is 9.78 Å². The van der Waals surface area contributed by atoms with Gasteiger partial charge >= 0.3 is 0 Å². The molecule has 1 aromatic carbocycles. The number of amides is 1. The second-order valence-corrected chi connectivity index (χ2v) is 6.91. The molecule has 1 atom stereocenters. The molecule has 6 heteroatoms. The normalized spacial score (nSPS) is 17.2. The minimum atomic E-state index is -0.0194. The highest BCUT2D eigenvalue weighted by Gasteiger charge is 2.24. The maximum absolute atomic E-state index is 12.5. The summed E-state index contributed by atoms with van der Waals surface area (Å²) < 4.78 is 11.6. The Kier molecular flexibility index (Phi) is 6.47. The van der Waals surface area contributed by atoms with Gasteiger partial charge in [0.05, 0.1) is 12.7 Å². The smallest absolute Gasteiger partial charge is 0.260 e. The van der Waals surface area contributed by atoms with Crippen molar-refractivity contribution in [2.75, 3.05) is 19.7 Å². The predicted octanol–water partition coefficient (Wildman–Crippen LogP) is 3.63. The van der Waals surface area contributed by atoms with Crippen molar-refractivity contribution >= 4 is 17.5 Å². The molecule has 0 spiro atoms. The summed E-state index contributed by atoms with van der Waals surface area (Å²) in [6, 6.07) is 9.26. The van der Waals surface area contributed by atoms with Crippen molar-refractivity contribution < 1.29 is 14.3 Å². The Bertz CT molecular complexity index is 739. The summed E-state index contributed by atoms with van der Waals surface area (Å²) in [5.41, 5.74) is 1.96. The zero-order valence-corrected chi connectivity index (χ0v) is 15.6. The van der Waals surface area contributed by atoms with Crippen LogP contribution in [0.3, 0.4) is 0 Å². The summed E-state index contributed by atoms with van der Waals surface area (Å²) in [5, 5.41) is 0.658. The third-order valence-corrected chi connectivity index (χ3v) is 4.66. The van der Waals surface area contributed by atoms with Crippen LogP contribution in [0.1, 0.15) is 24.0 Å². The molecule has 1 aliphatic heterocycles. The zero-order valence-electron chi connectivity index (χ0n) is 14.9. The number of carbonyl (C=O) groups excluding carboxylic acids is 1. The number of piperidine rings is 1. The number of benzene rings is 1. The average molecular weight is 375 g/mol. The SMILES string of the molecule is Cc1cc(Cl)ccc1OCC(=O)N1CCCC(OCc2cccnc2)C1. The number of aryl methyl sites for hydroxylation is 1. The van der Waals surface area contributed by atoms with Crippen LogP contribution in [0.25, 0.3) is 0 Å². The van der Waals surface area contributed by atoms with Crippen LogP contribution in [0, 0.1) is 6.92 Å². The third kappa shape index (κ3) is 5.19. The molecule has 1 amide bonds. The Morgan fingerprint density at radius 3 is 3.04 bits per heavy atom. The summed E-state index contributed by atoms with van der Waals surface area (Å²) in [7, 11) is 0. The lowest BCUT2D eigenvalue weighted by Crippen LogP contribution is -2.45. The highest BCUT2D eigenvalue weighted by molar-refractivity contribution is 6.30. The van der Waals surface area contributed by atoms with Crippen molar-refractivity contribution in [2.24, 2.45) is 0 Å². The molecule has 1 fully saturated rings. The van der Waals surface area contributed by atoms with E-state index in [1.807, 2.05) is 30.0 Å². The molecule has 1 saturated heterocycles. The molecule has 1 aromatic heterocycles. The van der Waals surface area contributed by atoms with Gasteiger partial charge in [0.15, 0.2) is 6.61 Å². The second-order valence-electron chi connectivity index (χ2n) is 6.47. The molecule has 2 heterocycles. The molecule has 1 unspecified atom stereocenters. The Morgan fingerprint density at radius 1 is 1.38 bits per heavy atom. The molecule has 0 aliphatic carbocycles. The lowest BCUT2D eigenvalue weighted by molar-refractivity contribution is -0.137. The van der Waals surface area contributed by atoms with Crippen molar-refractivity contribution in [3.05, 3.63) is 58.9 Å². The van der Waals surface area contributed by atoms with Crippen molar-refractivity contribution in [1.29, 1.82) is 0 Å². The maximum atomic E-state index is 12.5. The van der Waals surface area contributed by atoms with Crippen LogP contribution in [0.15, 0.2) is 42.7 Å². The molecule has 5 nitrogen and oxygen atoms in total. The van der Waals surface area contributed by atoms with Gasteiger partial charge in [-0.1, -0.05) is 17.7 Å². The van der Waals surface area contributed by atoms with Crippen LogP contribution < -0.4 is 4.74 Å². The van der Waals surface area contributed by atoms with E-state index in [-0.39, 0.29) is 18.6 Å². The van der Waals surface area contributed by atoms with Gasteiger partial charge in [-0.25, -0.2) is 0 Å². The van der Waals surface area contributed by atoms with Gasteiger partial charge in [-0.05, 0) is 55.2 Å². The van der Waals surface area contributed by atoms with Gasteiger partial charge in [0, 0.05) is 30.5 Å². The minimum absolute atomic E-state index is 0.0194. The zero-order chi connectivity index (χ0) is 18.4. The standard InChI is InChI=1S/C20H23ClN2O3/c1-15-10-17(21)6-7-19(15)26-14-20(24)23-9-3-5-18(12-23)25-13-16-4-2-8-22-11-16/h2,4,6-8,10-11,18H,3,5,9,12-14H2,1H3. The Hall–Kier alpha value is -2.11. The number of rotatable bonds is 6. The number of aromatic nitrogens is 1. The lowest BCUT2D eigenvalue weighted by atomic mass is 10.1. The number of hydrogen-bond donors (Lipinski definition) is 0. The number of halogens is 1. The largest absolute Gasteiger partial charge is 0.483 e. The first-order valence-corrected chi connectivity index (χ1v) is 9.17. The number of likely N-dealkylation sites (tertiary alicyclic amines) is 1. The highest BCUT2D eigenvalue weighted by atomic mass is 35.5. The molecule has 0 radical (unpaired) electrons. The first kappa shape index (κ1) is 18.7. The fourth-order valence-corrected chi connectivity index (χ4v) is 3.23. The Balaban J connectivity index is 1.48. The second kappa shape index (κ2) is 9.01. The molecular formula is C20H23ClN2O3. The predicted molar refractivity (Wildman–Crippen MR) is 100 cm³/mol. The van der Waals surface area contributed by atoms with Crippen molar-refractivity contribution in [3.63, 3.8) is 0 Å². The molecular weight excluding hydrogens is 352 g/mol. The molecule has 0 bridgehead atoms. The van der Waals surface area contributed by atoms with Gasteiger partial charge in [0.2, 0.25) is 0 Å². The van der Waals surface area contributed by atoms with E-state index >= 15 is 0 Å². The summed E-state index contributed by atoms with van der Waals surface area (Å²) in [5.74, 6) is 0.665. The summed E-state index contributed by atoms with van der Waals surface area (Å²) in [6.45, 7) is 3.80. The highest BCUT2D eigenvalue weighted by Crippen LogP contribution is 2.22. The topological polar surface area (TPSA) is 51.7 Å². The van der Waals surface area contributed by atoms with E-state index in [1.165, 1.54) is 0 Å². The maximum Gasteiger partial charge on any atom is 0.260 e. The van der Waals surface area contributed by atoms with Gasteiger partial charge in [0.25, 0.3) is 5.91 Å². The molecule has 2 aromatic rings. The van der Waals surface area contributed by atoms with Gasteiger partial charge in [-0.15, -0.1) is 0 Å². The first-order valence-electron chi connectivity index (χ1n) is 8.79. The van der Waals surface area contributed by atoms with Gasteiger partial charge in [0.1, 0.15) is 5.75 Å². The van der Waals surface area contributed by atoms with E-state index in [1.54, 1.807) is 24.5 Å². The molecule has 3 rings (SSSR count). The van der Waals surface area contributed by atoms with Crippen molar-refractivity contribution in [2.45, 2.75) is 32.5 Å². The van der Waals surface area contributed by atoms with E-state index in [2.05, 4.69) is 4.98 Å². The summed E-state index contributed by atoms with van der Waals surface area (Å²) >= 11 is 5.94. The summed E-state index contributed by atoms with van der Waals surface area (Å²) in [6.07, 6.45) is 5.48. The van der Waals surface area contributed by atoms with Crippen LogP contribution in [-0.4, -0.2) is 41.6 Å². The van der Waals surface area contributed by atoms with E-state index in [4.69, 9.17) is 21.1 Å². The number of nitrogens with zero attached hydrogens (tertiary/aromatic N) is 2. The first-order chi connectivity index (χ1) is 12.6.